The van der Waals surface area contributed by atoms with Crippen molar-refractivity contribution in [2.45, 2.75) is 83.5 Å². The lowest BCUT2D eigenvalue weighted by Crippen LogP contribution is -2.42. The molecule has 0 bridgehead atoms. The van der Waals surface area contributed by atoms with Gasteiger partial charge in [0, 0.05) is 12.1 Å². The topological polar surface area (TPSA) is 62.1 Å². The van der Waals surface area contributed by atoms with Gasteiger partial charge >= 0.3 is 5.97 Å². The summed E-state index contributed by atoms with van der Waals surface area (Å²) in [7, 11) is 0.503. The molecule has 3 aliphatic rings. The number of carbonyl (C=O) groups is 1. The van der Waals surface area contributed by atoms with E-state index in [-0.39, 0.29) is 5.85 Å². The van der Waals surface area contributed by atoms with E-state index >= 15 is 0 Å². The highest BCUT2D eigenvalue weighted by Gasteiger charge is 2.36. The minimum absolute atomic E-state index is 0.0183. The Morgan fingerprint density at radius 3 is 2.53 bits per heavy atom. The number of benzene rings is 2. The fourth-order valence-corrected chi connectivity index (χ4v) is 7.06. The molecule has 1 N–H and O–H groups in total. The lowest BCUT2D eigenvalue weighted by Gasteiger charge is -2.36. The average Bonchev–Trinajstić information content (AvgIpc) is 3.59. The Bertz CT molecular complexity index is 1100. The molecular formula is C30H39N2O3P. The van der Waals surface area contributed by atoms with E-state index in [0.29, 0.717) is 21.4 Å². The number of carboxylic acids is 1. The summed E-state index contributed by atoms with van der Waals surface area (Å²) in [6, 6.07) is 15.7. The van der Waals surface area contributed by atoms with Gasteiger partial charge in [-0.25, -0.2) is 0 Å². The molecule has 0 spiro atoms. The highest BCUT2D eigenvalue weighted by molar-refractivity contribution is 7.59. The van der Waals surface area contributed by atoms with Gasteiger partial charge in [-0.05, 0) is 88.9 Å². The molecule has 2 fully saturated rings. The quantitative estimate of drug-likeness (QED) is 0.390. The van der Waals surface area contributed by atoms with Crippen LogP contribution in [-0.2, 0) is 22.6 Å². The molecule has 0 amide bonds. The second kappa shape index (κ2) is 11.0. The predicted molar refractivity (Wildman–Crippen MR) is 147 cm³/mol. The first-order chi connectivity index (χ1) is 17.4. The van der Waals surface area contributed by atoms with Crippen LogP contribution in [0, 0.1) is 5.41 Å². The first-order valence-corrected chi connectivity index (χ1v) is 14.7. The van der Waals surface area contributed by atoms with Crippen molar-refractivity contribution >= 4 is 20.0 Å². The van der Waals surface area contributed by atoms with E-state index in [1.54, 1.807) is 5.56 Å². The Labute approximate surface area is 217 Å². The van der Waals surface area contributed by atoms with Crippen LogP contribution >= 0.6 is 8.58 Å². The molecule has 5 rings (SSSR count). The lowest BCUT2D eigenvalue weighted by molar-refractivity contribution is -0.150. The number of piperidine rings is 1. The highest BCUT2D eigenvalue weighted by atomic mass is 31.1. The van der Waals surface area contributed by atoms with Crippen molar-refractivity contribution in [1.82, 2.24) is 4.90 Å². The molecule has 36 heavy (non-hydrogen) atoms. The molecule has 2 atom stereocenters. The number of hydrogen-bond donors (Lipinski definition) is 1. The largest absolute Gasteiger partial charge is 0.481 e. The molecule has 2 aromatic rings. The van der Waals surface area contributed by atoms with Gasteiger partial charge in [0.2, 0.25) is 0 Å². The summed E-state index contributed by atoms with van der Waals surface area (Å²) in [5, 5.41) is 13.9. The second-order valence-electron chi connectivity index (χ2n) is 11.1. The predicted octanol–water partition coefficient (Wildman–Crippen LogP) is 7.05. The highest BCUT2D eigenvalue weighted by Crippen LogP contribution is 2.45. The lowest BCUT2D eigenvalue weighted by atomic mass is 9.80. The second-order valence-corrected chi connectivity index (χ2v) is 12.4. The van der Waals surface area contributed by atoms with Gasteiger partial charge in [-0.1, -0.05) is 73.8 Å². The van der Waals surface area contributed by atoms with Gasteiger partial charge in [0.15, 0.2) is 5.85 Å². The fraction of sp³-hybridized carbons (Fsp3) is 0.533. The van der Waals surface area contributed by atoms with Crippen molar-refractivity contribution in [1.29, 1.82) is 0 Å². The van der Waals surface area contributed by atoms with Gasteiger partial charge in [-0.2, -0.15) is 0 Å². The molecule has 192 valence electrons. The Morgan fingerprint density at radius 2 is 1.86 bits per heavy atom. The zero-order valence-electron chi connectivity index (χ0n) is 21.6. The molecule has 1 aliphatic carbocycles. The zero-order chi connectivity index (χ0) is 25.1. The number of rotatable bonds is 8. The standard InChI is InChI=1S/C30H39N2O3P/c1-3-6-24-19-25(13-14-26(24)22-7-4-5-8-22)28-35-31-27(36-28)23-11-9-21(10-12-23)20-32-17-15-30(2,16-18-32)29(33)34/h9-14,19,22,28,36H,3-8,15-18,20H2,1-2H3,(H,33,34). The van der Waals surface area contributed by atoms with Crippen LogP contribution in [0.2, 0.25) is 0 Å². The summed E-state index contributed by atoms with van der Waals surface area (Å²) in [5.74, 6) is 0.0887. The number of likely N-dealkylation sites (tertiary alicyclic amines) is 1. The van der Waals surface area contributed by atoms with Gasteiger partial charge in [0.25, 0.3) is 0 Å². The van der Waals surface area contributed by atoms with Crippen LogP contribution in [0.15, 0.2) is 47.6 Å². The molecule has 2 aliphatic heterocycles. The summed E-state index contributed by atoms with van der Waals surface area (Å²) in [6.07, 6.45) is 9.11. The third-order valence-corrected chi connectivity index (χ3v) is 9.77. The van der Waals surface area contributed by atoms with Crippen molar-refractivity contribution in [3.05, 3.63) is 70.3 Å². The van der Waals surface area contributed by atoms with Crippen molar-refractivity contribution in [3.8, 4) is 0 Å². The molecule has 2 heterocycles. The molecule has 0 aromatic heterocycles. The fourth-order valence-electron chi connectivity index (χ4n) is 5.92. The van der Waals surface area contributed by atoms with Crippen LogP contribution in [-0.4, -0.2) is 34.5 Å². The van der Waals surface area contributed by atoms with E-state index in [1.165, 1.54) is 48.8 Å². The SMILES string of the molecule is CCCc1cc(C2ON=C(c3ccc(CN4CCC(C)(C(=O)O)CC4)cc3)P2)ccc1C1CCCC1. The number of aryl methyl sites for hydroxylation is 1. The van der Waals surface area contributed by atoms with E-state index in [4.69, 9.17) is 4.84 Å². The van der Waals surface area contributed by atoms with Gasteiger partial charge in [-0.3, -0.25) is 9.69 Å². The minimum atomic E-state index is -0.670. The zero-order valence-corrected chi connectivity index (χ0v) is 22.6. The molecule has 0 radical (unpaired) electrons. The first-order valence-electron chi connectivity index (χ1n) is 13.6. The number of oxime groups is 1. The summed E-state index contributed by atoms with van der Waals surface area (Å²) in [5.41, 5.74) is 7.18. The third-order valence-electron chi connectivity index (χ3n) is 8.41. The van der Waals surface area contributed by atoms with Crippen LogP contribution in [0.3, 0.4) is 0 Å². The number of nitrogens with zero attached hydrogens (tertiary/aromatic N) is 2. The molecule has 2 aromatic carbocycles. The third kappa shape index (κ3) is 5.53. The van der Waals surface area contributed by atoms with E-state index in [2.05, 4.69) is 59.4 Å². The number of aliphatic carboxylic acids is 1. The Balaban J connectivity index is 1.19. The van der Waals surface area contributed by atoms with E-state index < -0.39 is 11.4 Å². The molecule has 2 unspecified atom stereocenters. The summed E-state index contributed by atoms with van der Waals surface area (Å²) in [4.78, 5) is 19.8. The van der Waals surface area contributed by atoms with E-state index in [1.807, 2.05) is 6.92 Å². The summed E-state index contributed by atoms with van der Waals surface area (Å²) >= 11 is 0. The molecular weight excluding hydrogens is 467 g/mol. The average molecular weight is 507 g/mol. The van der Waals surface area contributed by atoms with Crippen molar-refractivity contribution in [2.24, 2.45) is 10.6 Å². The molecule has 6 heteroatoms. The molecule has 1 saturated carbocycles. The minimum Gasteiger partial charge on any atom is -0.481 e. The van der Waals surface area contributed by atoms with Gasteiger partial charge in [0.1, 0.15) is 5.45 Å². The van der Waals surface area contributed by atoms with Gasteiger partial charge in [-0.15, -0.1) is 0 Å². The van der Waals surface area contributed by atoms with E-state index in [9.17, 15) is 9.90 Å². The summed E-state index contributed by atoms with van der Waals surface area (Å²) in [6.45, 7) is 6.65. The van der Waals surface area contributed by atoms with Gasteiger partial charge < -0.3 is 9.94 Å². The molecule has 5 nitrogen and oxygen atoms in total. The van der Waals surface area contributed by atoms with Crippen molar-refractivity contribution in [2.75, 3.05) is 13.1 Å². The Hall–Kier alpha value is -2.23. The molecule has 1 saturated heterocycles. The van der Waals surface area contributed by atoms with Crippen molar-refractivity contribution < 1.29 is 14.7 Å². The monoisotopic (exact) mass is 506 g/mol. The Kier molecular flexibility index (Phi) is 7.79. The van der Waals surface area contributed by atoms with Crippen LogP contribution in [0.5, 0.6) is 0 Å². The van der Waals surface area contributed by atoms with E-state index in [0.717, 1.165) is 43.0 Å². The van der Waals surface area contributed by atoms with Crippen LogP contribution in [0.1, 0.15) is 98.4 Å². The number of carboxylic acid groups (broad SMARTS) is 1. The maximum Gasteiger partial charge on any atom is 0.309 e. The maximum absolute atomic E-state index is 11.5. The first kappa shape index (κ1) is 25.4. The summed E-state index contributed by atoms with van der Waals surface area (Å²) < 4.78 is 0. The van der Waals surface area contributed by atoms with Crippen LogP contribution in [0.25, 0.3) is 0 Å². The Morgan fingerprint density at radius 1 is 1.14 bits per heavy atom. The van der Waals surface area contributed by atoms with Crippen molar-refractivity contribution in [3.63, 3.8) is 0 Å². The number of hydrogen-bond acceptors (Lipinski definition) is 4. The maximum atomic E-state index is 11.5. The smallest absolute Gasteiger partial charge is 0.309 e. The normalized spacial score (nSPS) is 23.1. The van der Waals surface area contributed by atoms with Crippen LogP contribution < -0.4 is 0 Å². The van der Waals surface area contributed by atoms with Crippen LogP contribution in [0.4, 0.5) is 0 Å². The van der Waals surface area contributed by atoms with Gasteiger partial charge in [0.05, 0.1) is 5.41 Å².